The standard InChI is InChI=1S/C19H26N2O6/c1-26-13-6-2-11(3-7-13)9-20-16(22)8-14-17(23)18(24)15(27-14)10-21-19(25)12-4-5-12/h2-3,6-7,12,14-15,17-18,23-24H,4-5,8-10H2,1H3,(H,20,22)(H,21,25)/t14-,15+,17-,18+/m0/s1. The van der Waals surface area contributed by atoms with Gasteiger partial charge in [0, 0.05) is 19.0 Å². The first-order valence-electron chi connectivity index (χ1n) is 9.17. The van der Waals surface area contributed by atoms with Gasteiger partial charge < -0.3 is 30.3 Å². The van der Waals surface area contributed by atoms with Crippen molar-refractivity contribution in [1.82, 2.24) is 10.6 Å². The third-order valence-corrected chi connectivity index (χ3v) is 4.92. The van der Waals surface area contributed by atoms with Crippen molar-refractivity contribution in [3.05, 3.63) is 29.8 Å². The Morgan fingerprint density at radius 3 is 2.41 bits per heavy atom. The van der Waals surface area contributed by atoms with Gasteiger partial charge in [0.1, 0.15) is 24.1 Å². The highest BCUT2D eigenvalue weighted by molar-refractivity contribution is 5.80. The Labute approximate surface area is 157 Å². The Hall–Kier alpha value is -2.16. The smallest absolute Gasteiger partial charge is 0.223 e. The molecule has 1 saturated heterocycles. The first kappa shape index (κ1) is 19.6. The van der Waals surface area contributed by atoms with Crippen LogP contribution in [0, 0.1) is 5.92 Å². The van der Waals surface area contributed by atoms with Gasteiger partial charge in [-0.25, -0.2) is 0 Å². The fourth-order valence-electron chi connectivity index (χ4n) is 3.05. The van der Waals surface area contributed by atoms with Gasteiger partial charge in [0.25, 0.3) is 0 Å². The first-order chi connectivity index (χ1) is 13.0. The van der Waals surface area contributed by atoms with Gasteiger partial charge in [-0.2, -0.15) is 0 Å². The summed E-state index contributed by atoms with van der Waals surface area (Å²) in [4.78, 5) is 23.8. The number of amides is 2. The van der Waals surface area contributed by atoms with Crippen molar-refractivity contribution in [1.29, 1.82) is 0 Å². The van der Waals surface area contributed by atoms with E-state index < -0.39 is 24.4 Å². The molecule has 1 aliphatic carbocycles. The van der Waals surface area contributed by atoms with Crippen LogP contribution >= 0.6 is 0 Å². The Morgan fingerprint density at radius 2 is 1.78 bits per heavy atom. The maximum absolute atomic E-state index is 12.1. The number of nitrogens with one attached hydrogen (secondary N) is 2. The van der Waals surface area contributed by atoms with Crippen molar-refractivity contribution < 1.29 is 29.3 Å². The summed E-state index contributed by atoms with van der Waals surface area (Å²) in [7, 11) is 1.59. The Bertz CT molecular complexity index is 661. The maximum atomic E-state index is 12.1. The second-order valence-electron chi connectivity index (χ2n) is 7.04. The molecule has 8 heteroatoms. The first-order valence-corrected chi connectivity index (χ1v) is 9.17. The van der Waals surface area contributed by atoms with Crippen molar-refractivity contribution in [3.8, 4) is 5.75 Å². The van der Waals surface area contributed by atoms with Gasteiger partial charge in [0.2, 0.25) is 11.8 Å². The lowest BCUT2D eigenvalue weighted by molar-refractivity contribution is -0.126. The molecule has 0 bridgehead atoms. The molecule has 2 amide bonds. The topological polar surface area (TPSA) is 117 Å². The van der Waals surface area contributed by atoms with E-state index in [-0.39, 0.29) is 30.7 Å². The van der Waals surface area contributed by atoms with E-state index in [9.17, 15) is 19.8 Å². The Balaban J connectivity index is 1.43. The van der Waals surface area contributed by atoms with Crippen molar-refractivity contribution in [2.24, 2.45) is 5.92 Å². The highest BCUT2D eigenvalue weighted by Crippen LogP contribution is 2.29. The zero-order valence-corrected chi connectivity index (χ0v) is 15.3. The monoisotopic (exact) mass is 378 g/mol. The molecule has 2 fully saturated rings. The highest BCUT2D eigenvalue weighted by Gasteiger charge is 2.43. The average molecular weight is 378 g/mol. The lowest BCUT2D eigenvalue weighted by Crippen LogP contribution is -2.40. The molecule has 2 aliphatic rings. The summed E-state index contributed by atoms with van der Waals surface area (Å²) >= 11 is 0. The van der Waals surface area contributed by atoms with Crippen molar-refractivity contribution in [2.45, 2.75) is 50.2 Å². The van der Waals surface area contributed by atoms with E-state index in [2.05, 4.69) is 10.6 Å². The summed E-state index contributed by atoms with van der Waals surface area (Å²) in [6.07, 6.45) is -2.12. The van der Waals surface area contributed by atoms with E-state index in [4.69, 9.17) is 9.47 Å². The van der Waals surface area contributed by atoms with Crippen LogP contribution in [0.5, 0.6) is 5.75 Å². The van der Waals surface area contributed by atoms with Crippen molar-refractivity contribution >= 4 is 11.8 Å². The molecule has 4 N–H and O–H groups in total. The third kappa shape index (κ3) is 5.18. The number of ether oxygens (including phenoxy) is 2. The maximum Gasteiger partial charge on any atom is 0.223 e. The Morgan fingerprint density at radius 1 is 1.11 bits per heavy atom. The number of rotatable bonds is 8. The SMILES string of the molecule is COc1ccc(CNC(=O)C[C@@H]2O[C@H](CNC(=O)C3CC3)[C@@H](O)[C@H]2O)cc1. The second kappa shape index (κ2) is 8.69. The van der Waals surface area contributed by atoms with Crippen molar-refractivity contribution in [2.75, 3.05) is 13.7 Å². The van der Waals surface area contributed by atoms with Crippen LogP contribution in [-0.2, 0) is 20.9 Å². The summed E-state index contributed by atoms with van der Waals surface area (Å²) in [6.45, 7) is 0.465. The predicted molar refractivity (Wildman–Crippen MR) is 95.9 cm³/mol. The quantitative estimate of drug-likeness (QED) is 0.494. The van der Waals surface area contributed by atoms with E-state index in [0.29, 0.717) is 6.54 Å². The predicted octanol–water partition coefficient (Wildman–Crippen LogP) is -0.283. The molecule has 3 rings (SSSR count). The minimum atomic E-state index is -1.17. The van der Waals surface area contributed by atoms with Gasteiger partial charge >= 0.3 is 0 Å². The summed E-state index contributed by atoms with van der Waals surface area (Å²) in [6, 6.07) is 7.31. The van der Waals surface area contributed by atoms with E-state index in [1.807, 2.05) is 24.3 Å². The lowest BCUT2D eigenvalue weighted by atomic mass is 10.1. The number of carbonyl (C=O) groups is 2. The molecular formula is C19H26N2O6. The van der Waals surface area contributed by atoms with E-state index in [1.54, 1.807) is 7.11 Å². The fraction of sp³-hybridized carbons (Fsp3) is 0.579. The molecule has 1 aromatic rings. The summed E-state index contributed by atoms with van der Waals surface area (Å²) in [5.41, 5.74) is 0.915. The molecule has 4 atom stereocenters. The van der Waals surface area contributed by atoms with Crippen LogP contribution in [0.25, 0.3) is 0 Å². The molecule has 27 heavy (non-hydrogen) atoms. The minimum absolute atomic E-state index is 0.0547. The van der Waals surface area contributed by atoms with Crippen LogP contribution < -0.4 is 15.4 Å². The number of hydrogen-bond donors (Lipinski definition) is 4. The van der Waals surface area contributed by atoms with Gasteiger partial charge in [0.05, 0.1) is 19.6 Å². The average Bonchev–Trinajstić information content (AvgIpc) is 3.49. The zero-order chi connectivity index (χ0) is 19.4. The van der Waals surface area contributed by atoms with Gasteiger partial charge in [-0.15, -0.1) is 0 Å². The number of methoxy groups -OCH3 is 1. The van der Waals surface area contributed by atoms with Crippen LogP contribution in [0.1, 0.15) is 24.8 Å². The van der Waals surface area contributed by atoms with E-state index in [1.165, 1.54) is 0 Å². The van der Waals surface area contributed by atoms with Crippen LogP contribution in [0.3, 0.4) is 0 Å². The third-order valence-electron chi connectivity index (χ3n) is 4.92. The zero-order valence-electron chi connectivity index (χ0n) is 15.3. The molecule has 0 aromatic heterocycles. The van der Waals surface area contributed by atoms with Crippen LogP contribution in [0.2, 0.25) is 0 Å². The molecular weight excluding hydrogens is 352 g/mol. The molecule has 8 nitrogen and oxygen atoms in total. The molecule has 0 unspecified atom stereocenters. The van der Waals surface area contributed by atoms with Gasteiger partial charge in [0.15, 0.2) is 0 Å². The molecule has 148 valence electrons. The van der Waals surface area contributed by atoms with Crippen LogP contribution in [0.15, 0.2) is 24.3 Å². The fourth-order valence-corrected chi connectivity index (χ4v) is 3.05. The number of benzene rings is 1. The van der Waals surface area contributed by atoms with Crippen LogP contribution in [-0.4, -0.2) is 60.1 Å². The summed E-state index contributed by atoms with van der Waals surface area (Å²) in [5, 5.41) is 25.7. The van der Waals surface area contributed by atoms with E-state index >= 15 is 0 Å². The van der Waals surface area contributed by atoms with Gasteiger partial charge in [-0.05, 0) is 30.5 Å². The molecule has 0 spiro atoms. The lowest BCUT2D eigenvalue weighted by Gasteiger charge is -2.15. The minimum Gasteiger partial charge on any atom is -0.497 e. The number of aliphatic hydroxyl groups is 2. The second-order valence-corrected chi connectivity index (χ2v) is 7.04. The largest absolute Gasteiger partial charge is 0.497 e. The number of carbonyl (C=O) groups excluding carboxylic acids is 2. The number of aliphatic hydroxyl groups excluding tert-OH is 2. The Kier molecular flexibility index (Phi) is 6.30. The molecule has 1 aliphatic heterocycles. The van der Waals surface area contributed by atoms with Crippen molar-refractivity contribution in [3.63, 3.8) is 0 Å². The number of hydrogen-bond acceptors (Lipinski definition) is 6. The molecule has 1 heterocycles. The molecule has 1 aromatic carbocycles. The van der Waals surface area contributed by atoms with Crippen LogP contribution in [0.4, 0.5) is 0 Å². The summed E-state index contributed by atoms with van der Waals surface area (Å²) < 4.78 is 10.7. The summed E-state index contributed by atoms with van der Waals surface area (Å²) in [5.74, 6) is 0.458. The normalized spacial score (nSPS) is 27.2. The van der Waals surface area contributed by atoms with Gasteiger partial charge in [-0.3, -0.25) is 9.59 Å². The van der Waals surface area contributed by atoms with Gasteiger partial charge in [-0.1, -0.05) is 12.1 Å². The molecule has 1 saturated carbocycles. The molecule has 0 radical (unpaired) electrons. The van der Waals surface area contributed by atoms with E-state index in [0.717, 1.165) is 24.2 Å². The highest BCUT2D eigenvalue weighted by atomic mass is 16.5.